The third-order valence-corrected chi connectivity index (χ3v) is 3.83. The molecule has 21 heavy (non-hydrogen) atoms. The lowest BCUT2D eigenvalue weighted by molar-refractivity contribution is 0.681. The van der Waals surface area contributed by atoms with E-state index in [9.17, 15) is 0 Å². The number of fused-ring (bicyclic) bond motifs is 1. The van der Waals surface area contributed by atoms with E-state index in [-0.39, 0.29) is 5.82 Å². The number of aryl methyl sites for hydroxylation is 2. The number of aromatic nitrogens is 4. The van der Waals surface area contributed by atoms with Gasteiger partial charge in [-0.05, 0) is 31.0 Å². The van der Waals surface area contributed by atoms with Crippen LogP contribution in [0.4, 0.5) is 0 Å². The van der Waals surface area contributed by atoms with Gasteiger partial charge < -0.3 is 0 Å². The fourth-order valence-corrected chi connectivity index (χ4v) is 2.41. The Kier molecular flexibility index (Phi) is 3.32. The maximum absolute atomic E-state index is 8.74. The number of hydrogen-bond acceptors (Lipinski definition) is 4. The van der Waals surface area contributed by atoms with Crippen LogP contribution in [0.2, 0.25) is 5.15 Å². The van der Waals surface area contributed by atoms with E-state index in [1.54, 1.807) is 4.68 Å². The van der Waals surface area contributed by atoms with Gasteiger partial charge in [-0.3, -0.25) is 0 Å². The van der Waals surface area contributed by atoms with Crippen LogP contribution in [0.25, 0.3) is 10.9 Å². The molecular weight excluding hydrogens is 286 g/mol. The molecule has 6 heteroatoms. The molecule has 1 aromatic carbocycles. The highest BCUT2D eigenvalue weighted by molar-refractivity contribution is 6.30. The van der Waals surface area contributed by atoms with Crippen LogP contribution in [0.5, 0.6) is 0 Å². The molecule has 0 atom stereocenters. The van der Waals surface area contributed by atoms with Crippen molar-refractivity contribution in [2.24, 2.45) is 0 Å². The van der Waals surface area contributed by atoms with Crippen molar-refractivity contribution in [3.05, 3.63) is 52.2 Å². The molecule has 3 aromatic rings. The third kappa shape index (κ3) is 2.46. The molecule has 104 valence electrons. The first-order valence-corrected chi connectivity index (χ1v) is 6.81. The van der Waals surface area contributed by atoms with Gasteiger partial charge in [0.1, 0.15) is 17.5 Å². The quantitative estimate of drug-likeness (QED) is 0.682. The van der Waals surface area contributed by atoms with Crippen LogP contribution in [0.1, 0.15) is 22.5 Å². The Morgan fingerprint density at radius 1 is 1.33 bits per heavy atom. The Morgan fingerprint density at radius 3 is 2.86 bits per heavy atom. The molecule has 0 fully saturated rings. The molecule has 0 aliphatic rings. The van der Waals surface area contributed by atoms with Gasteiger partial charge in [-0.25, -0.2) is 14.6 Å². The van der Waals surface area contributed by atoms with Crippen LogP contribution >= 0.6 is 11.6 Å². The van der Waals surface area contributed by atoms with E-state index >= 15 is 0 Å². The monoisotopic (exact) mass is 297 g/mol. The smallest absolute Gasteiger partial charge is 0.247 e. The topological polar surface area (TPSA) is 67.4 Å². The highest BCUT2D eigenvalue weighted by atomic mass is 35.5. The molecule has 0 amide bonds. The zero-order chi connectivity index (χ0) is 15.0. The zero-order valence-electron chi connectivity index (χ0n) is 11.6. The minimum atomic E-state index is 0.145. The molecule has 0 aliphatic heterocycles. The van der Waals surface area contributed by atoms with Gasteiger partial charge in [0.15, 0.2) is 0 Å². The summed E-state index contributed by atoms with van der Waals surface area (Å²) in [6.07, 6.45) is 1.51. The predicted molar refractivity (Wildman–Crippen MR) is 80.1 cm³/mol. The van der Waals surface area contributed by atoms with Crippen molar-refractivity contribution in [2.75, 3.05) is 0 Å². The third-order valence-electron chi connectivity index (χ3n) is 3.51. The van der Waals surface area contributed by atoms with Gasteiger partial charge in [0, 0.05) is 10.9 Å². The fraction of sp³-hybridized carbons (Fsp3) is 0.200. The van der Waals surface area contributed by atoms with Crippen molar-refractivity contribution in [1.29, 1.82) is 5.26 Å². The van der Waals surface area contributed by atoms with Crippen molar-refractivity contribution >= 4 is 22.5 Å². The first-order chi connectivity index (χ1) is 10.1. The van der Waals surface area contributed by atoms with Crippen LogP contribution in [0, 0.1) is 25.2 Å². The number of benzene rings is 1. The van der Waals surface area contributed by atoms with Gasteiger partial charge in [0.2, 0.25) is 0 Å². The lowest BCUT2D eigenvalue weighted by Gasteiger charge is -2.09. The molecular formula is C15H12ClN5. The summed E-state index contributed by atoms with van der Waals surface area (Å²) in [7, 11) is 0. The Morgan fingerprint density at radius 2 is 2.14 bits per heavy atom. The van der Waals surface area contributed by atoms with E-state index < -0.39 is 0 Å². The van der Waals surface area contributed by atoms with E-state index in [1.165, 1.54) is 11.9 Å². The first kappa shape index (κ1) is 13.5. The fourth-order valence-electron chi connectivity index (χ4n) is 2.21. The highest BCUT2D eigenvalue weighted by Gasteiger charge is 2.09. The maximum atomic E-state index is 8.74. The average molecular weight is 298 g/mol. The number of pyridine rings is 1. The summed E-state index contributed by atoms with van der Waals surface area (Å²) >= 11 is 6.28. The van der Waals surface area contributed by atoms with Crippen molar-refractivity contribution in [3.8, 4) is 6.07 Å². The summed E-state index contributed by atoms with van der Waals surface area (Å²) in [6, 6.07) is 8.01. The molecule has 0 bridgehead atoms. The number of hydrogen-bond donors (Lipinski definition) is 0. The second kappa shape index (κ2) is 5.15. The van der Waals surface area contributed by atoms with E-state index in [0.29, 0.717) is 11.7 Å². The molecule has 0 saturated carbocycles. The summed E-state index contributed by atoms with van der Waals surface area (Å²) in [4.78, 5) is 8.37. The standard InChI is InChI=1S/C15H12ClN5/c1-9-3-4-11-5-12(15(16)19-14(11)10(9)2)7-21-8-18-13(6-17)20-21/h3-5,8H,7H2,1-2H3. The SMILES string of the molecule is Cc1ccc2cc(Cn3cnc(C#N)n3)c(Cl)nc2c1C. The minimum absolute atomic E-state index is 0.145. The molecule has 2 heterocycles. The molecule has 3 rings (SSSR count). The van der Waals surface area contributed by atoms with Gasteiger partial charge in [-0.2, -0.15) is 5.26 Å². The number of halogens is 1. The van der Waals surface area contributed by atoms with Gasteiger partial charge in [0.05, 0.1) is 12.1 Å². The summed E-state index contributed by atoms with van der Waals surface area (Å²) < 4.78 is 1.58. The lowest BCUT2D eigenvalue weighted by Crippen LogP contribution is -2.03. The lowest BCUT2D eigenvalue weighted by atomic mass is 10.0. The Bertz CT molecular complexity index is 876. The molecule has 5 nitrogen and oxygen atoms in total. The van der Waals surface area contributed by atoms with Crippen molar-refractivity contribution < 1.29 is 0 Å². The molecule has 0 saturated heterocycles. The van der Waals surface area contributed by atoms with Crippen molar-refractivity contribution in [1.82, 2.24) is 19.7 Å². The van der Waals surface area contributed by atoms with Gasteiger partial charge >= 0.3 is 0 Å². The molecule has 0 N–H and O–H groups in total. The maximum Gasteiger partial charge on any atom is 0.252 e. The van der Waals surface area contributed by atoms with Gasteiger partial charge in [-0.15, -0.1) is 5.10 Å². The van der Waals surface area contributed by atoms with Crippen LogP contribution in [-0.4, -0.2) is 19.7 Å². The average Bonchev–Trinajstić information content (AvgIpc) is 2.93. The summed E-state index contributed by atoms with van der Waals surface area (Å²) in [5, 5.41) is 14.3. The summed E-state index contributed by atoms with van der Waals surface area (Å²) in [5.41, 5.74) is 4.09. The van der Waals surface area contributed by atoms with Crippen molar-refractivity contribution in [3.63, 3.8) is 0 Å². The molecule has 0 unspecified atom stereocenters. The summed E-state index contributed by atoms with van der Waals surface area (Å²) in [5.74, 6) is 0.145. The second-order valence-corrected chi connectivity index (χ2v) is 5.25. The van der Waals surface area contributed by atoms with Crippen LogP contribution in [0.3, 0.4) is 0 Å². The minimum Gasteiger partial charge on any atom is -0.247 e. The molecule has 0 spiro atoms. The van der Waals surface area contributed by atoms with E-state index in [4.69, 9.17) is 16.9 Å². The van der Waals surface area contributed by atoms with Crippen LogP contribution in [-0.2, 0) is 6.54 Å². The van der Waals surface area contributed by atoms with E-state index in [0.717, 1.165) is 22.0 Å². The Balaban J connectivity index is 2.05. The first-order valence-electron chi connectivity index (χ1n) is 6.43. The van der Waals surface area contributed by atoms with Crippen LogP contribution < -0.4 is 0 Å². The normalized spacial score (nSPS) is 10.8. The van der Waals surface area contributed by atoms with Gasteiger partial charge in [-0.1, -0.05) is 23.7 Å². The second-order valence-electron chi connectivity index (χ2n) is 4.90. The van der Waals surface area contributed by atoms with Crippen LogP contribution in [0.15, 0.2) is 24.5 Å². The Labute approximate surface area is 126 Å². The number of nitriles is 1. The van der Waals surface area contributed by atoms with E-state index in [2.05, 4.69) is 28.1 Å². The molecule has 0 aliphatic carbocycles. The van der Waals surface area contributed by atoms with E-state index in [1.807, 2.05) is 25.1 Å². The number of nitrogens with zero attached hydrogens (tertiary/aromatic N) is 5. The molecule has 2 aromatic heterocycles. The Hall–Kier alpha value is -2.45. The van der Waals surface area contributed by atoms with Gasteiger partial charge in [0.25, 0.3) is 5.82 Å². The van der Waals surface area contributed by atoms with Crippen molar-refractivity contribution in [2.45, 2.75) is 20.4 Å². The highest BCUT2D eigenvalue weighted by Crippen LogP contribution is 2.25. The number of rotatable bonds is 2. The predicted octanol–water partition coefficient (Wildman–Crippen LogP) is 3.02. The molecule has 0 radical (unpaired) electrons. The zero-order valence-corrected chi connectivity index (χ0v) is 12.4. The largest absolute Gasteiger partial charge is 0.252 e. The summed E-state index contributed by atoms with van der Waals surface area (Å²) in [6.45, 7) is 4.53.